The highest BCUT2D eigenvalue weighted by atomic mass is 16.4. The van der Waals surface area contributed by atoms with Crippen molar-refractivity contribution in [1.82, 2.24) is 19.9 Å². The first kappa shape index (κ1) is 13.1. The molecule has 0 aliphatic carbocycles. The molecule has 0 saturated carbocycles. The largest absolute Gasteiger partial charge is 0.465 e. The van der Waals surface area contributed by atoms with Gasteiger partial charge in [-0.1, -0.05) is 0 Å². The maximum absolute atomic E-state index is 11.3. The molecule has 1 aliphatic heterocycles. The Morgan fingerprint density at radius 3 is 3.14 bits per heavy atom. The van der Waals surface area contributed by atoms with E-state index in [9.17, 15) is 9.90 Å². The van der Waals surface area contributed by atoms with Crippen LogP contribution in [0.25, 0.3) is 21.9 Å². The topological polar surface area (TPSA) is 82.1 Å². The first-order valence-corrected chi connectivity index (χ1v) is 7.42. The van der Waals surface area contributed by atoms with Crippen molar-refractivity contribution in [2.75, 3.05) is 13.1 Å². The number of H-pyrrole nitrogens is 1. The van der Waals surface area contributed by atoms with Crippen LogP contribution in [0.3, 0.4) is 0 Å². The highest BCUT2D eigenvalue weighted by molar-refractivity contribution is 6.05. The summed E-state index contributed by atoms with van der Waals surface area (Å²) in [7, 11) is 0. The molecule has 1 atom stereocenters. The van der Waals surface area contributed by atoms with E-state index in [0.717, 1.165) is 34.8 Å². The number of aromatic nitrogens is 3. The zero-order chi connectivity index (χ0) is 15.1. The van der Waals surface area contributed by atoms with E-state index in [1.54, 1.807) is 12.4 Å². The summed E-state index contributed by atoms with van der Waals surface area (Å²) < 4.78 is 0. The van der Waals surface area contributed by atoms with Crippen LogP contribution in [-0.2, 0) is 0 Å². The summed E-state index contributed by atoms with van der Waals surface area (Å²) in [5.74, 6) is 0.211. The molecule has 0 bridgehead atoms. The van der Waals surface area contributed by atoms with Gasteiger partial charge in [0.15, 0.2) is 5.65 Å². The number of hydrogen-bond donors (Lipinski definition) is 2. The van der Waals surface area contributed by atoms with Crippen LogP contribution in [0.2, 0.25) is 0 Å². The van der Waals surface area contributed by atoms with Crippen molar-refractivity contribution in [3.63, 3.8) is 0 Å². The van der Waals surface area contributed by atoms with Crippen molar-refractivity contribution in [3.8, 4) is 0 Å². The molecule has 1 saturated heterocycles. The molecule has 0 aromatic carbocycles. The van der Waals surface area contributed by atoms with Gasteiger partial charge in [-0.2, -0.15) is 0 Å². The molecule has 6 nitrogen and oxygen atoms in total. The highest BCUT2D eigenvalue weighted by Crippen LogP contribution is 2.34. The summed E-state index contributed by atoms with van der Waals surface area (Å²) in [4.78, 5) is 24.6. The van der Waals surface area contributed by atoms with E-state index >= 15 is 0 Å². The normalized spacial score (nSPS) is 18.9. The fourth-order valence-corrected chi connectivity index (χ4v) is 3.43. The zero-order valence-corrected chi connectivity index (χ0v) is 12.0. The molecule has 22 heavy (non-hydrogen) atoms. The number of fused-ring (bicyclic) bond motifs is 3. The van der Waals surface area contributed by atoms with Gasteiger partial charge in [0, 0.05) is 42.2 Å². The summed E-state index contributed by atoms with van der Waals surface area (Å²) in [6.07, 6.45) is 6.52. The van der Waals surface area contributed by atoms with E-state index in [0.29, 0.717) is 13.1 Å². The highest BCUT2D eigenvalue weighted by Gasteiger charge is 2.26. The van der Waals surface area contributed by atoms with Crippen LogP contribution in [0.5, 0.6) is 0 Å². The Labute approximate surface area is 126 Å². The Hall–Kier alpha value is -2.63. The summed E-state index contributed by atoms with van der Waals surface area (Å²) >= 11 is 0. The van der Waals surface area contributed by atoms with Gasteiger partial charge in [-0.15, -0.1) is 0 Å². The fourth-order valence-electron chi connectivity index (χ4n) is 3.43. The quantitative estimate of drug-likeness (QED) is 0.723. The van der Waals surface area contributed by atoms with Crippen LogP contribution in [0.15, 0.2) is 30.7 Å². The van der Waals surface area contributed by atoms with Crippen LogP contribution in [0, 0.1) is 0 Å². The van der Waals surface area contributed by atoms with Gasteiger partial charge >= 0.3 is 6.09 Å². The van der Waals surface area contributed by atoms with Gasteiger partial charge in [-0.3, -0.25) is 0 Å². The monoisotopic (exact) mass is 296 g/mol. The molecule has 2 N–H and O–H groups in total. The van der Waals surface area contributed by atoms with Crippen LogP contribution in [0.1, 0.15) is 24.3 Å². The number of carbonyl (C=O) groups is 1. The average molecular weight is 296 g/mol. The van der Waals surface area contributed by atoms with Crippen molar-refractivity contribution >= 4 is 28.0 Å². The Morgan fingerprint density at radius 1 is 1.36 bits per heavy atom. The smallest absolute Gasteiger partial charge is 0.407 e. The minimum atomic E-state index is -0.835. The van der Waals surface area contributed by atoms with Crippen molar-refractivity contribution < 1.29 is 9.90 Å². The van der Waals surface area contributed by atoms with Gasteiger partial charge in [0.25, 0.3) is 0 Å². The lowest BCUT2D eigenvalue weighted by atomic mass is 9.88. The third-order valence-electron chi connectivity index (χ3n) is 4.46. The first-order chi connectivity index (χ1) is 10.7. The van der Waals surface area contributed by atoms with Crippen molar-refractivity contribution in [2.45, 2.75) is 18.8 Å². The number of nitrogens with zero attached hydrogens (tertiary/aromatic N) is 3. The number of nitrogens with one attached hydrogen (secondary N) is 1. The number of hydrogen-bond acceptors (Lipinski definition) is 3. The van der Waals surface area contributed by atoms with Crippen molar-refractivity contribution in [3.05, 3.63) is 36.3 Å². The molecule has 1 unspecified atom stereocenters. The molecular formula is C16H16N4O2. The van der Waals surface area contributed by atoms with E-state index in [4.69, 9.17) is 0 Å². The number of pyridine rings is 2. The maximum atomic E-state index is 11.3. The number of piperidine rings is 1. The van der Waals surface area contributed by atoms with Gasteiger partial charge in [-0.05, 0) is 30.5 Å². The number of aromatic amines is 1. The molecule has 4 heterocycles. The molecule has 0 spiro atoms. The Balaban J connectivity index is 1.87. The van der Waals surface area contributed by atoms with Gasteiger partial charge in [-0.25, -0.2) is 14.8 Å². The van der Waals surface area contributed by atoms with Crippen LogP contribution < -0.4 is 0 Å². The predicted molar refractivity (Wildman–Crippen MR) is 83.0 cm³/mol. The molecule has 3 aromatic heterocycles. The van der Waals surface area contributed by atoms with Gasteiger partial charge in [0.1, 0.15) is 0 Å². The Kier molecular flexibility index (Phi) is 2.96. The number of amides is 1. The van der Waals surface area contributed by atoms with Crippen LogP contribution in [0.4, 0.5) is 4.79 Å². The maximum Gasteiger partial charge on any atom is 0.407 e. The summed E-state index contributed by atoms with van der Waals surface area (Å²) in [6.45, 7) is 1.17. The van der Waals surface area contributed by atoms with E-state index in [1.165, 1.54) is 10.5 Å². The second-order valence-electron chi connectivity index (χ2n) is 5.73. The average Bonchev–Trinajstić information content (AvgIpc) is 3.03. The second-order valence-corrected chi connectivity index (χ2v) is 5.73. The first-order valence-electron chi connectivity index (χ1n) is 7.42. The fraction of sp³-hybridized carbons (Fsp3) is 0.312. The summed E-state index contributed by atoms with van der Waals surface area (Å²) in [6, 6.07) is 4.03. The summed E-state index contributed by atoms with van der Waals surface area (Å²) in [5.41, 5.74) is 2.88. The number of carboxylic acid groups (broad SMARTS) is 1. The SMILES string of the molecule is O=C(O)N1CCCC(c2cc[nH]c3cnc4nccc4c23)C1. The minimum Gasteiger partial charge on any atom is -0.465 e. The third kappa shape index (κ3) is 1.99. The van der Waals surface area contributed by atoms with Gasteiger partial charge in [0.05, 0.1) is 11.7 Å². The Morgan fingerprint density at radius 2 is 2.27 bits per heavy atom. The minimum absolute atomic E-state index is 0.211. The van der Waals surface area contributed by atoms with Gasteiger partial charge < -0.3 is 15.0 Å². The van der Waals surface area contributed by atoms with E-state index in [2.05, 4.69) is 21.0 Å². The Bertz CT molecular complexity index is 858. The van der Waals surface area contributed by atoms with Crippen molar-refractivity contribution in [2.24, 2.45) is 0 Å². The molecule has 0 radical (unpaired) electrons. The molecule has 112 valence electrons. The summed E-state index contributed by atoms with van der Waals surface area (Å²) in [5, 5.41) is 11.4. The standard InChI is InChI=1S/C16H16N4O2/c21-16(22)20-7-1-2-10(9-20)11-3-5-17-13-8-19-15-12(14(11)13)4-6-18-15/h3-6,8,10,17H,1-2,7,9H2,(H,21,22). The number of likely N-dealkylation sites (tertiary alicyclic amines) is 1. The van der Waals surface area contributed by atoms with Gasteiger partial charge in [0.2, 0.25) is 0 Å². The van der Waals surface area contributed by atoms with Crippen molar-refractivity contribution in [1.29, 1.82) is 0 Å². The van der Waals surface area contributed by atoms with E-state index < -0.39 is 6.09 Å². The molecule has 1 amide bonds. The van der Waals surface area contributed by atoms with E-state index in [-0.39, 0.29) is 5.92 Å². The van der Waals surface area contributed by atoms with E-state index in [1.807, 2.05) is 12.3 Å². The third-order valence-corrected chi connectivity index (χ3v) is 4.46. The molecule has 1 fully saturated rings. The lowest BCUT2D eigenvalue weighted by Gasteiger charge is -2.31. The van der Waals surface area contributed by atoms with Crippen LogP contribution >= 0.6 is 0 Å². The molecular weight excluding hydrogens is 280 g/mol. The second kappa shape index (κ2) is 4.98. The molecule has 6 heteroatoms. The predicted octanol–water partition coefficient (Wildman–Crippen LogP) is 2.97. The number of rotatable bonds is 1. The zero-order valence-electron chi connectivity index (χ0n) is 12.0. The lowest BCUT2D eigenvalue weighted by Crippen LogP contribution is -2.38. The molecule has 4 rings (SSSR count). The lowest BCUT2D eigenvalue weighted by molar-refractivity contribution is 0.130. The molecule has 1 aliphatic rings. The molecule has 3 aromatic rings. The van der Waals surface area contributed by atoms with Crippen LogP contribution in [-0.4, -0.2) is 44.1 Å².